The van der Waals surface area contributed by atoms with E-state index in [9.17, 15) is 4.79 Å². The predicted octanol–water partition coefficient (Wildman–Crippen LogP) is 4.28. The van der Waals surface area contributed by atoms with Crippen molar-refractivity contribution in [2.45, 2.75) is 39.2 Å². The average Bonchev–Trinajstić information content (AvgIpc) is 2.60. The van der Waals surface area contributed by atoms with Crippen LogP contribution in [0.2, 0.25) is 0 Å². The van der Waals surface area contributed by atoms with E-state index in [1.807, 2.05) is 6.92 Å². The minimum atomic E-state index is 0.00215. The van der Waals surface area contributed by atoms with Gasteiger partial charge in [-0.3, -0.25) is 4.79 Å². The lowest BCUT2D eigenvalue weighted by molar-refractivity contribution is -0.119. The molecular weight excluding hydrogens is 324 g/mol. The topological polar surface area (TPSA) is 41.6 Å². The highest BCUT2D eigenvalue weighted by molar-refractivity contribution is 5.73. The van der Waals surface area contributed by atoms with E-state index in [1.165, 1.54) is 11.3 Å². The number of carbonyl (C=O) groups is 1. The molecule has 1 N–H and O–H groups in total. The molecule has 1 saturated heterocycles. The van der Waals surface area contributed by atoms with Crippen LogP contribution in [0, 0.1) is 0 Å². The Kier molecular flexibility index (Phi) is 5.82. The SMILES string of the molecule is CCCOc1ccc(N2CC(c3ccc(C(C)NC(C)=O)cc3)C2)cc1. The second-order valence-corrected chi connectivity index (χ2v) is 7.03. The summed E-state index contributed by atoms with van der Waals surface area (Å²) in [5.74, 6) is 1.51. The van der Waals surface area contributed by atoms with Gasteiger partial charge in [-0.25, -0.2) is 0 Å². The monoisotopic (exact) mass is 352 g/mol. The van der Waals surface area contributed by atoms with Crippen LogP contribution in [0.3, 0.4) is 0 Å². The highest BCUT2D eigenvalue weighted by Crippen LogP contribution is 2.32. The normalized spacial score (nSPS) is 15.3. The lowest BCUT2D eigenvalue weighted by atomic mass is 9.90. The van der Waals surface area contributed by atoms with Crippen molar-refractivity contribution in [1.29, 1.82) is 0 Å². The van der Waals surface area contributed by atoms with Crippen molar-refractivity contribution in [2.75, 3.05) is 24.6 Å². The van der Waals surface area contributed by atoms with Gasteiger partial charge in [-0.05, 0) is 48.7 Å². The second kappa shape index (κ2) is 8.26. The third-order valence-electron chi connectivity index (χ3n) is 4.88. The van der Waals surface area contributed by atoms with Gasteiger partial charge in [-0.15, -0.1) is 0 Å². The van der Waals surface area contributed by atoms with Gasteiger partial charge in [-0.1, -0.05) is 31.2 Å². The number of benzene rings is 2. The standard InChI is InChI=1S/C22H28N2O2/c1-4-13-26-22-11-9-21(10-12-22)24-14-20(15-24)19-7-5-18(6-8-19)16(2)23-17(3)25/h5-12,16,20H,4,13-15H2,1-3H3,(H,23,25). The first kappa shape index (κ1) is 18.3. The third kappa shape index (κ3) is 4.37. The van der Waals surface area contributed by atoms with Gasteiger partial charge in [-0.2, -0.15) is 0 Å². The quantitative estimate of drug-likeness (QED) is 0.809. The zero-order valence-corrected chi connectivity index (χ0v) is 15.9. The molecule has 4 nitrogen and oxygen atoms in total. The van der Waals surface area contributed by atoms with Crippen LogP contribution in [-0.2, 0) is 4.79 Å². The van der Waals surface area contributed by atoms with Crippen LogP contribution in [0.25, 0.3) is 0 Å². The van der Waals surface area contributed by atoms with Crippen molar-refractivity contribution in [1.82, 2.24) is 5.32 Å². The lowest BCUT2D eigenvalue weighted by Gasteiger charge is -2.41. The number of hydrogen-bond donors (Lipinski definition) is 1. The fraction of sp³-hybridized carbons (Fsp3) is 0.409. The molecule has 1 unspecified atom stereocenters. The number of anilines is 1. The van der Waals surface area contributed by atoms with E-state index < -0.39 is 0 Å². The third-order valence-corrected chi connectivity index (χ3v) is 4.88. The number of ether oxygens (including phenoxy) is 1. The molecule has 0 aliphatic carbocycles. The molecular formula is C22H28N2O2. The molecule has 1 atom stereocenters. The molecule has 0 saturated carbocycles. The molecule has 2 aromatic rings. The minimum Gasteiger partial charge on any atom is -0.494 e. The number of rotatable bonds is 7. The number of hydrogen-bond acceptors (Lipinski definition) is 3. The number of nitrogens with zero attached hydrogens (tertiary/aromatic N) is 1. The maximum absolute atomic E-state index is 11.2. The van der Waals surface area contributed by atoms with Gasteiger partial charge in [0, 0.05) is 31.6 Å². The first-order valence-electron chi connectivity index (χ1n) is 9.41. The summed E-state index contributed by atoms with van der Waals surface area (Å²) in [5, 5.41) is 2.92. The highest BCUT2D eigenvalue weighted by Gasteiger charge is 2.28. The van der Waals surface area contributed by atoms with E-state index in [0.29, 0.717) is 5.92 Å². The molecule has 0 aromatic heterocycles. The highest BCUT2D eigenvalue weighted by atomic mass is 16.5. The van der Waals surface area contributed by atoms with Gasteiger partial charge in [0.25, 0.3) is 0 Å². The Labute approximate surface area is 156 Å². The molecule has 0 radical (unpaired) electrons. The Morgan fingerprint density at radius 2 is 1.81 bits per heavy atom. The van der Waals surface area contributed by atoms with Gasteiger partial charge in [0.05, 0.1) is 12.6 Å². The van der Waals surface area contributed by atoms with Gasteiger partial charge in [0.15, 0.2) is 0 Å². The summed E-state index contributed by atoms with van der Waals surface area (Å²) >= 11 is 0. The molecule has 2 aromatic carbocycles. The van der Waals surface area contributed by atoms with E-state index in [1.54, 1.807) is 6.92 Å². The molecule has 1 aliphatic heterocycles. The number of amides is 1. The zero-order valence-electron chi connectivity index (χ0n) is 15.9. The lowest BCUT2D eigenvalue weighted by Crippen LogP contribution is -2.45. The molecule has 1 aliphatic rings. The Balaban J connectivity index is 1.53. The van der Waals surface area contributed by atoms with Gasteiger partial charge < -0.3 is 15.0 Å². The predicted molar refractivity (Wildman–Crippen MR) is 106 cm³/mol. The van der Waals surface area contributed by atoms with Gasteiger partial charge >= 0.3 is 0 Å². The Bertz CT molecular complexity index is 719. The van der Waals surface area contributed by atoms with E-state index in [2.05, 4.69) is 65.7 Å². The molecule has 1 heterocycles. The summed E-state index contributed by atoms with van der Waals surface area (Å²) in [5.41, 5.74) is 3.76. The van der Waals surface area contributed by atoms with Crippen LogP contribution < -0.4 is 15.0 Å². The molecule has 26 heavy (non-hydrogen) atoms. The number of carbonyl (C=O) groups excluding carboxylic acids is 1. The summed E-state index contributed by atoms with van der Waals surface area (Å²) in [4.78, 5) is 13.6. The molecule has 1 amide bonds. The van der Waals surface area contributed by atoms with E-state index >= 15 is 0 Å². The van der Waals surface area contributed by atoms with Crippen LogP contribution in [0.4, 0.5) is 5.69 Å². The van der Waals surface area contributed by atoms with Crippen molar-refractivity contribution >= 4 is 11.6 Å². The van der Waals surface area contributed by atoms with Crippen LogP contribution in [0.5, 0.6) is 5.75 Å². The smallest absolute Gasteiger partial charge is 0.217 e. The maximum Gasteiger partial charge on any atom is 0.217 e. The maximum atomic E-state index is 11.2. The fourth-order valence-corrected chi connectivity index (χ4v) is 3.32. The molecule has 0 spiro atoms. The Morgan fingerprint density at radius 1 is 1.15 bits per heavy atom. The summed E-state index contributed by atoms with van der Waals surface area (Å²) in [6.45, 7) is 8.51. The van der Waals surface area contributed by atoms with Crippen LogP contribution >= 0.6 is 0 Å². The number of nitrogens with one attached hydrogen (secondary N) is 1. The largest absolute Gasteiger partial charge is 0.494 e. The molecule has 1 fully saturated rings. The van der Waals surface area contributed by atoms with Crippen LogP contribution in [0.15, 0.2) is 48.5 Å². The fourth-order valence-electron chi connectivity index (χ4n) is 3.32. The summed E-state index contributed by atoms with van der Waals surface area (Å²) in [6, 6.07) is 17.1. The van der Waals surface area contributed by atoms with Crippen molar-refractivity contribution in [3.05, 3.63) is 59.7 Å². The second-order valence-electron chi connectivity index (χ2n) is 7.03. The van der Waals surface area contributed by atoms with E-state index in [-0.39, 0.29) is 11.9 Å². The molecule has 138 valence electrons. The van der Waals surface area contributed by atoms with Crippen molar-refractivity contribution in [2.24, 2.45) is 0 Å². The molecule has 4 heteroatoms. The average molecular weight is 352 g/mol. The first-order valence-corrected chi connectivity index (χ1v) is 9.41. The first-order chi connectivity index (χ1) is 12.6. The van der Waals surface area contributed by atoms with Crippen molar-refractivity contribution < 1.29 is 9.53 Å². The Hall–Kier alpha value is -2.49. The van der Waals surface area contributed by atoms with E-state index in [0.717, 1.165) is 37.4 Å². The van der Waals surface area contributed by atoms with Crippen LogP contribution in [0.1, 0.15) is 50.3 Å². The van der Waals surface area contributed by atoms with E-state index in [4.69, 9.17) is 4.74 Å². The van der Waals surface area contributed by atoms with Crippen molar-refractivity contribution in [3.8, 4) is 5.75 Å². The van der Waals surface area contributed by atoms with Gasteiger partial charge in [0.1, 0.15) is 5.75 Å². The summed E-state index contributed by atoms with van der Waals surface area (Å²) in [6.07, 6.45) is 1.03. The zero-order chi connectivity index (χ0) is 18.5. The van der Waals surface area contributed by atoms with Crippen molar-refractivity contribution in [3.63, 3.8) is 0 Å². The summed E-state index contributed by atoms with van der Waals surface area (Å²) < 4.78 is 5.64. The van der Waals surface area contributed by atoms with Crippen LogP contribution in [-0.4, -0.2) is 25.6 Å². The minimum absolute atomic E-state index is 0.00215. The van der Waals surface area contributed by atoms with Gasteiger partial charge in [0.2, 0.25) is 5.91 Å². The summed E-state index contributed by atoms with van der Waals surface area (Å²) in [7, 11) is 0. The Morgan fingerprint density at radius 3 is 2.38 bits per heavy atom. The molecule has 3 rings (SSSR count). The molecule has 0 bridgehead atoms.